The van der Waals surface area contributed by atoms with Crippen molar-refractivity contribution in [2.75, 3.05) is 6.61 Å². The molecule has 106 valence electrons. The number of hydrogen-bond donors (Lipinski definition) is 1. The van der Waals surface area contributed by atoms with Crippen LogP contribution < -0.4 is 0 Å². The highest BCUT2D eigenvalue weighted by Gasteiger charge is 2.41. The van der Waals surface area contributed by atoms with E-state index in [0.717, 1.165) is 12.8 Å². The van der Waals surface area contributed by atoms with E-state index >= 15 is 0 Å². The van der Waals surface area contributed by atoms with Crippen molar-refractivity contribution >= 4 is 0 Å². The second-order valence-corrected chi connectivity index (χ2v) is 5.84. The van der Waals surface area contributed by atoms with Crippen molar-refractivity contribution in [2.45, 2.75) is 64.6 Å². The van der Waals surface area contributed by atoms with E-state index in [1.54, 1.807) is 0 Å². The lowest BCUT2D eigenvalue weighted by molar-refractivity contribution is -0.115. The molecule has 1 aromatic rings. The minimum absolute atomic E-state index is 0.298. The maximum atomic E-state index is 10.6. The Morgan fingerprint density at radius 3 is 2.47 bits per heavy atom. The average Bonchev–Trinajstić information content (AvgIpc) is 2.84. The summed E-state index contributed by atoms with van der Waals surface area (Å²) < 4.78 is 5.93. The predicted octanol–water partition coefficient (Wildman–Crippen LogP) is 3.56. The van der Waals surface area contributed by atoms with Gasteiger partial charge in [-0.2, -0.15) is 0 Å². The Hall–Kier alpha value is -0.860. The first-order chi connectivity index (χ1) is 9.07. The summed E-state index contributed by atoms with van der Waals surface area (Å²) in [6.45, 7) is 6.94. The summed E-state index contributed by atoms with van der Waals surface area (Å²) in [7, 11) is 0. The van der Waals surface area contributed by atoms with Crippen LogP contribution >= 0.6 is 0 Å². The second-order valence-electron chi connectivity index (χ2n) is 5.84. The molecule has 0 saturated heterocycles. The fourth-order valence-electron chi connectivity index (χ4n) is 3.17. The Bertz CT molecular complexity index is 419. The standard InChI is InChI=1S/C17H26O2/c1-4-19-17(9-5-6-10-17)16(18)12-15-8-7-13(2)14(3)11-15/h7-8,11,16,18H,4-6,9-10,12H2,1-3H3. The van der Waals surface area contributed by atoms with Crippen molar-refractivity contribution in [3.63, 3.8) is 0 Å². The third kappa shape index (κ3) is 3.18. The molecular weight excluding hydrogens is 236 g/mol. The van der Waals surface area contributed by atoms with Crippen molar-refractivity contribution in [1.82, 2.24) is 0 Å². The molecule has 1 unspecified atom stereocenters. The first kappa shape index (κ1) is 14.5. The molecular formula is C17H26O2. The van der Waals surface area contributed by atoms with E-state index in [9.17, 15) is 5.11 Å². The van der Waals surface area contributed by atoms with Crippen molar-refractivity contribution in [3.8, 4) is 0 Å². The minimum atomic E-state index is -0.392. The quantitative estimate of drug-likeness (QED) is 0.879. The Kier molecular flexibility index (Phi) is 4.64. The van der Waals surface area contributed by atoms with E-state index in [1.165, 1.54) is 29.5 Å². The zero-order chi connectivity index (χ0) is 13.9. The molecule has 19 heavy (non-hydrogen) atoms. The Morgan fingerprint density at radius 1 is 1.21 bits per heavy atom. The van der Waals surface area contributed by atoms with Crippen LogP contribution in [0.25, 0.3) is 0 Å². The van der Waals surface area contributed by atoms with Gasteiger partial charge in [0.15, 0.2) is 0 Å². The number of aliphatic hydroxyl groups excluding tert-OH is 1. The van der Waals surface area contributed by atoms with Gasteiger partial charge in [-0.3, -0.25) is 0 Å². The van der Waals surface area contributed by atoms with Crippen LogP contribution in [-0.2, 0) is 11.2 Å². The van der Waals surface area contributed by atoms with Gasteiger partial charge in [0.25, 0.3) is 0 Å². The van der Waals surface area contributed by atoms with Gasteiger partial charge in [0, 0.05) is 13.0 Å². The van der Waals surface area contributed by atoms with Crippen molar-refractivity contribution in [1.29, 1.82) is 0 Å². The average molecular weight is 262 g/mol. The number of hydrogen-bond acceptors (Lipinski definition) is 2. The van der Waals surface area contributed by atoms with E-state index in [4.69, 9.17) is 4.74 Å². The summed E-state index contributed by atoms with van der Waals surface area (Å²) in [5.74, 6) is 0. The first-order valence-electron chi connectivity index (χ1n) is 7.45. The van der Waals surface area contributed by atoms with Gasteiger partial charge in [-0.05, 0) is 50.3 Å². The van der Waals surface area contributed by atoms with Crippen molar-refractivity contribution in [3.05, 3.63) is 34.9 Å². The summed E-state index contributed by atoms with van der Waals surface area (Å²) in [4.78, 5) is 0. The molecule has 0 heterocycles. The minimum Gasteiger partial charge on any atom is -0.390 e. The highest BCUT2D eigenvalue weighted by atomic mass is 16.5. The van der Waals surface area contributed by atoms with Crippen LogP contribution in [0, 0.1) is 13.8 Å². The normalized spacial score (nSPS) is 19.6. The molecule has 2 rings (SSSR count). The van der Waals surface area contributed by atoms with Crippen LogP contribution in [0.2, 0.25) is 0 Å². The Morgan fingerprint density at radius 2 is 1.89 bits per heavy atom. The SMILES string of the molecule is CCOC1(C(O)Cc2ccc(C)c(C)c2)CCCC1. The molecule has 0 bridgehead atoms. The van der Waals surface area contributed by atoms with E-state index in [1.807, 2.05) is 6.92 Å². The van der Waals surface area contributed by atoms with Gasteiger partial charge in [-0.25, -0.2) is 0 Å². The van der Waals surface area contributed by atoms with Crippen molar-refractivity contribution < 1.29 is 9.84 Å². The van der Waals surface area contributed by atoms with Gasteiger partial charge < -0.3 is 9.84 Å². The molecule has 1 atom stereocenters. The predicted molar refractivity (Wildman–Crippen MR) is 78.5 cm³/mol. The fraction of sp³-hybridized carbons (Fsp3) is 0.647. The maximum absolute atomic E-state index is 10.6. The Balaban J connectivity index is 2.10. The zero-order valence-electron chi connectivity index (χ0n) is 12.4. The summed E-state index contributed by atoms with van der Waals surface area (Å²) in [6, 6.07) is 6.45. The molecule has 0 aliphatic heterocycles. The van der Waals surface area contributed by atoms with Crippen LogP contribution in [0.15, 0.2) is 18.2 Å². The number of benzene rings is 1. The van der Waals surface area contributed by atoms with E-state index in [-0.39, 0.29) is 5.60 Å². The first-order valence-corrected chi connectivity index (χ1v) is 7.45. The molecule has 0 radical (unpaired) electrons. The molecule has 1 N–H and O–H groups in total. The summed E-state index contributed by atoms with van der Waals surface area (Å²) >= 11 is 0. The molecule has 1 saturated carbocycles. The van der Waals surface area contributed by atoms with Crippen molar-refractivity contribution in [2.24, 2.45) is 0 Å². The van der Waals surface area contributed by atoms with Gasteiger partial charge in [-0.1, -0.05) is 31.0 Å². The lowest BCUT2D eigenvalue weighted by atomic mass is 9.89. The van der Waals surface area contributed by atoms with Gasteiger partial charge in [0.2, 0.25) is 0 Å². The van der Waals surface area contributed by atoms with Gasteiger partial charge in [-0.15, -0.1) is 0 Å². The van der Waals surface area contributed by atoms with E-state index in [2.05, 4.69) is 32.0 Å². The monoisotopic (exact) mass is 262 g/mol. The summed E-state index contributed by atoms with van der Waals surface area (Å²) in [5, 5.41) is 10.6. The number of aryl methyl sites for hydroxylation is 2. The molecule has 0 aromatic heterocycles. The highest BCUT2D eigenvalue weighted by molar-refractivity contribution is 5.30. The third-order valence-electron chi connectivity index (χ3n) is 4.49. The molecule has 1 fully saturated rings. The van der Waals surface area contributed by atoms with Crippen LogP contribution in [0.1, 0.15) is 49.3 Å². The summed E-state index contributed by atoms with van der Waals surface area (Å²) in [6.07, 6.45) is 4.63. The molecule has 1 aliphatic carbocycles. The van der Waals surface area contributed by atoms with Gasteiger partial charge in [0.1, 0.15) is 0 Å². The second kappa shape index (κ2) is 6.06. The van der Waals surface area contributed by atoms with E-state index in [0.29, 0.717) is 13.0 Å². The number of ether oxygens (including phenoxy) is 1. The van der Waals surface area contributed by atoms with Gasteiger partial charge >= 0.3 is 0 Å². The molecule has 1 aromatic carbocycles. The Labute approximate surface area is 116 Å². The number of aliphatic hydroxyl groups is 1. The van der Waals surface area contributed by atoms with Gasteiger partial charge in [0.05, 0.1) is 11.7 Å². The summed E-state index contributed by atoms with van der Waals surface area (Å²) in [5.41, 5.74) is 3.51. The topological polar surface area (TPSA) is 29.5 Å². The zero-order valence-corrected chi connectivity index (χ0v) is 12.4. The van der Waals surface area contributed by atoms with Crippen LogP contribution in [-0.4, -0.2) is 23.4 Å². The number of rotatable bonds is 5. The maximum Gasteiger partial charge on any atom is 0.0943 e. The fourth-order valence-corrected chi connectivity index (χ4v) is 3.17. The third-order valence-corrected chi connectivity index (χ3v) is 4.49. The molecule has 2 heteroatoms. The highest BCUT2D eigenvalue weighted by Crippen LogP contribution is 2.37. The lowest BCUT2D eigenvalue weighted by Gasteiger charge is -2.34. The molecule has 0 amide bonds. The lowest BCUT2D eigenvalue weighted by Crippen LogP contribution is -2.43. The van der Waals surface area contributed by atoms with Crippen LogP contribution in [0.3, 0.4) is 0 Å². The largest absolute Gasteiger partial charge is 0.390 e. The molecule has 1 aliphatic rings. The van der Waals surface area contributed by atoms with Crippen LogP contribution in [0.5, 0.6) is 0 Å². The molecule has 0 spiro atoms. The smallest absolute Gasteiger partial charge is 0.0943 e. The van der Waals surface area contributed by atoms with E-state index < -0.39 is 6.10 Å². The van der Waals surface area contributed by atoms with Crippen LogP contribution in [0.4, 0.5) is 0 Å². The molecule has 2 nitrogen and oxygen atoms in total.